The Morgan fingerprint density at radius 3 is 2.67 bits per heavy atom. The number of nitrogens with zero attached hydrogens (tertiary/aromatic N) is 1. The first-order valence-corrected chi connectivity index (χ1v) is 7.19. The quantitative estimate of drug-likeness (QED) is 0.812. The van der Waals surface area contributed by atoms with Gasteiger partial charge in [0.15, 0.2) is 0 Å². The minimum atomic E-state index is -1.03. The second-order valence-electron chi connectivity index (χ2n) is 4.79. The Morgan fingerprint density at radius 1 is 1.38 bits per heavy atom. The molecule has 2 aromatic rings. The highest BCUT2D eigenvalue weighted by molar-refractivity contribution is 7.16. The van der Waals surface area contributed by atoms with Crippen molar-refractivity contribution in [3.05, 3.63) is 40.0 Å². The Morgan fingerprint density at radius 2 is 2.10 bits per heavy atom. The first-order valence-electron chi connectivity index (χ1n) is 6.37. The van der Waals surface area contributed by atoms with Crippen molar-refractivity contribution in [2.75, 3.05) is 5.32 Å². The molecule has 3 N–H and O–H groups in total. The van der Waals surface area contributed by atoms with Gasteiger partial charge in [0.25, 0.3) is 0 Å². The van der Waals surface area contributed by atoms with Gasteiger partial charge in [0.2, 0.25) is 0 Å². The third-order valence-corrected chi connectivity index (χ3v) is 4.30. The number of hydrogen-bond acceptors (Lipinski definition) is 3. The highest BCUT2D eigenvalue weighted by atomic mass is 32.1. The minimum Gasteiger partial charge on any atom is -0.478 e. The smallest absolute Gasteiger partial charge is 0.338 e. The van der Waals surface area contributed by atoms with E-state index >= 15 is 0 Å². The molecule has 0 atom stereocenters. The molecule has 0 radical (unpaired) electrons. The van der Waals surface area contributed by atoms with Crippen LogP contribution < -0.4 is 10.6 Å². The number of carboxylic acids is 1. The number of urea groups is 1. The molecule has 7 heteroatoms. The second-order valence-corrected chi connectivity index (χ2v) is 6.01. The van der Waals surface area contributed by atoms with Crippen molar-refractivity contribution in [2.24, 2.45) is 7.05 Å². The lowest BCUT2D eigenvalue weighted by molar-refractivity contribution is 0.0697. The predicted molar refractivity (Wildman–Crippen MR) is 82.0 cm³/mol. The Labute approximate surface area is 126 Å². The summed E-state index contributed by atoms with van der Waals surface area (Å²) in [6.45, 7) is 3.96. The second kappa shape index (κ2) is 6.01. The fraction of sp³-hybridized carbons (Fsp3) is 0.286. The van der Waals surface area contributed by atoms with Gasteiger partial charge in [0, 0.05) is 30.9 Å². The number of aromatic carboxylic acids is 1. The number of anilines is 1. The van der Waals surface area contributed by atoms with Crippen LogP contribution in [0.5, 0.6) is 0 Å². The van der Waals surface area contributed by atoms with Crippen molar-refractivity contribution in [3.63, 3.8) is 0 Å². The Balaban J connectivity index is 2.03. The number of aryl methyl sites for hydroxylation is 2. The van der Waals surface area contributed by atoms with Crippen LogP contribution in [0.4, 0.5) is 9.80 Å². The van der Waals surface area contributed by atoms with Crippen LogP contribution in [-0.4, -0.2) is 21.7 Å². The molecular weight excluding hydrogens is 290 g/mol. The number of carbonyl (C=O) groups is 2. The molecule has 0 saturated heterocycles. The Hall–Kier alpha value is -2.28. The standard InChI is InChI=1S/C14H17N3O3S/c1-8-9(2)21-12(11(8)13(18)19)16-14(20)15-6-10-4-5-17(3)7-10/h4-5,7H,6H2,1-3H3,(H,18,19)(H2,15,16,20). The van der Waals surface area contributed by atoms with Gasteiger partial charge in [0.1, 0.15) is 5.00 Å². The fourth-order valence-electron chi connectivity index (χ4n) is 1.97. The van der Waals surface area contributed by atoms with Crippen molar-refractivity contribution in [2.45, 2.75) is 20.4 Å². The molecule has 2 heterocycles. The first kappa shape index (κ1) is 15.1. The van der Waals surface area contributed by atoms with Gasteiger partial charge in [0.05, 0.1) is 5.56 Å². The van der Waals surface area contributed by atoms with Gasteiger partial charge >= 0.3 is 12.0 Å². The van der Waals surface area contributed by atoms with Gasteiger partial charge in [-0.15, -0.1) is 11.3 Å². The van der Waals surface area contributed by atoms with Crippen LogP contribution in [0.15, 0.2) is 18.5 Å². The molecule has 0 bridgehead atoms. The van der Waals surface area contributed by atoms with E-state index in [0.717, 1.165) is 10.4 Å². The third-order valence-electron chi connectivity index (χ3n) is 3.17. The average molecular weight is 307 g/mol. The maximum atomic E-state index is 11.9. The molecule has 0 aliphatic rings. The van der Waals surface area contributed by atoms with E-state index in [9.17, 15) is 14.7 Å². The summed E-state index contributed by atoms with van der Waals surface area (Å²) < 4.78 is 1.89. The van der Waals surface area contributed by atoms with Crippen molar-refractivity contribution < 1.29 is 14.7 Å². The van der Waals surface area contributed by atoms with Gasteiger partial charge in [-0.2, -0.15) is 0 Å². The van der Waals surface area contributed by atoms with Gasteiger partial charge in [-0.25, -0.2) is 9.59 Å². The molecule has 2 rings (SSSR count). The lowest BCUT2D eigenvalue weighted by Crippen LogP contribution is -2.28. The van der Waals surface area contributed by atoms with E-state index in [0.29, 0.717) is 17.1 Å². The van der Waals surface area contributed by atoms with Crippen LogP contribution in [0.25, 0.3) is 0 Å². The lowest BCUT2D eigenvalue weighted by atomic mass is 10.1. The van der Waals surface area contributed by atoms with E-state index in [4.69, 9.17) is 0 Å². The van der Waals surface area contributed by atoms with E-state index in [1.54, 1.807) is 6.92 Å². The summed E-state index contributed by atoms with van der Waals surface area (Å²) in [6, 6.07) is 1.49. The van der Waals surface area contributed by atoms with E-state index in [1.807, 2.05) is 37.0 Å². The molecule has 0 aromatic carbocycles. The Kier molecular flexibility index (Phi) is 4.32. The van der Waals surface area contributed by atoms with Crippen LogP contribution in [0.2, 0.25) is 0 Å². The van der Waals surface area contributed by atoms with Crippen LogP contribution >= 0.6 is 11.3 Å². The molecule has 0 fully saturated rings. The molecule has 112 valence electrons. The average Bonchev–Trinajstić information content (AvgIpc) is 2.92. The summed E-state index contributed by atoms with van der Waals surface area (Å²) in [5.74, 6) is -1.03. The molecule has 0 aliphatic carbocycles. The van der Waals surface area contributed by atoms with Crippen LogP contribution in [0, 0.1) is 13.8 Å². The summed E-state index contributed by atoms with van der Waals surface area (Å²) in [5, 5.41) is 14.9. The molecule has 0 aliphatic heterocycles. The van der Waals surface area contributed by atoms with E-state index in [-0.39, 0.29) is 5.56 Å². The minimum absolute atomic E-state index is 0.160. The molecule has 2 aromatic heterocycles. The zero-order valence-corrected chi connectivity index (χ0v) is 12.9. The fourth-order valence-corrected chi connectivity index (χ4v) is 3.02. The number of nitrogens with one attached hydrogen (secondary N) is 2. The largest absolute Gasteiger partial charge is 0.478 e. The summed E-state index contributed by atoms with van der Waals surface area (Å²) in [4.78, 5) is 24.0. The van der Waals surface area contributed by atoms with Gasteiger partial charge in [-0.1, -0.05) is 0 Å². The molecule has 6 nitrogen and oxygen atoms in total. The predicted octanol–water partition coefficient (Wildman–Crippen LogP) is 2.72. The van der Waals surface area contributed by atoms with E-state index in [1.165, 1.54) is 11.3 Å². The molecular formula is C14H17N3O3S. The normalized spacial score (nSPS) is 10.4. The maximum Gasteiger partial charge on any atom is 0.338 e. The number of amides is 2. The molecule has 0 unspecified atom stereocenters. The molecule has 21 heavy (non-hydrogen) atoms. The van der Waals surface area contributed by atoms with Crippen LogP contribution in [0.3, 0.4) is 0 Å². The number of hydrogen-bond donors (Lipinski definition) is 3. The molecule has 0 saturated carbocycles. The number of carboxylic acid groups (broad SMARTS) is 1. The summed E-state index contributed by atoms with van der Waals surface area (Å²) in [7, 11) is 1.90. The van der Waals surface area contributed by atoms with Crippen molar-refractivity contribution in [3.8, 4) is 0 Å². The zero-order chi connectivity index (χ0) is 15.6. The van der Waals surface area contributed by atoms with E-state index < -0.39 is 12.0 Å². The molecule has 0 spiro atoms. The number of aromatic nitrogens is 1. The van der Waals surface area contributed by atoms with Crippen LogP contribution in [-0.2, 0) is 13.6 Å². The third kappa shape index (κ3) is 3.43. The number of rotatable bonds is 4. The summed E-state index contributed by atoms with van der Waals surface area (Å²) >= 11 is 1.27. The SMILES string of the molecule is Cc1sc(NC(=O)NCc2ccn(C)c2)c(C(=O)O)c1C. The van der Waals surface area contributed by atoms with Crippen LogP contribution in [0.1, 0.15) is 26.4 Å². The van der Waals surface area contributed by atoms with Crippen molar-refractivity contribution >= 4 is 28.3 Å². The van der Waals surface area contributed by atoms with E-state index in [2.05, 4.69) is 10.6 Å². The van der Waals surface area contributed by atoms with Gasteiger partial charge < -0.3 is 15.0 Å². The number of carbonyl (C=O) groups excluding carboxylic acids is 1. The zero-order valence-electron chi connectivity index (χ0n) is 12.1. The highest BCUT2D eigenvalue weighted by Gasteiger charge is 2.20. The highest BCUT2D eigenvalue weighted by Crippen LogP contribution is 2.32. The maximum absolute atomic E-state index is 11.9. The van der Waals surface area contributed by atoms with Gasteiger partial charge in [-0.05, 0) is 31.0 Å². The Bertz CT molecular complexity index is 688. The topological polar surface area (TPSA) is 83.4 Å². The van der Waals surface area contributed by atoms with Crippen molar-refractivity contribution in [1.82, 2.24) is 9.88 Å². The monoisotopic (exact) mass is 307 g/mol. The number of thiophene rings is 1. The first-order chi connectivity index (χ1) is 9.88. The van der Waals surface area contributed by atoms with Crippen molar-refractivity contribution in [1.29, 1.82) is 0 Å². The molecule has 2 amide bonds. The lowest BCUT2D eigenvalue weighted by Gasteiger charge is -2.06. The summed E-state index contributed by atoms with van der Waals surface area (Å²) in [5.41, 5.74) is 1.82. The summed E-state index contributed by atoms with van der Waals surface area (Å²) in [6.07, 6.45) is 3.80. The van der Waals surface area contributed by atoms with Gasteiger partial charge in [-0.3, -0.25) is 5.32 Å².